The first kappa shape index (κ1) is 5.88. The van der Waals surface area contributed by atoms with Gasteiger partial charge in [0.15, 0.2) is 0 Å². The minimum absolute atomic E-state index is 0.816. The molecule has 0 saturated heterocycles. The highest BCUT2D eigenvalue weighted by Crippen LogP contribution is 1.64. The smallest absolute Gasteiger partial charge is 0.0226 e. The van der Waals surface area contributed by atoms with Crippen molar-refractivity contribution < 1.29 is 4.94 Å². The molecule has 0 aliphatic rings. The van der Waals surface area contributed by atoms with E-state index >= 15 is 0 Å². The molecule has 0 heterocycles. The van der Waals surface area contributed by atoms with Gasteiger partial charge in [-0.25, -0.2) is 4.94 Å². The van der Waals surface area contributed by atoms with Crippen LogP contribution >= 0.6 is 0 Å². The van der Waals surface area contributed by atoms with E-state index in [0.717, 1.165) is 13.0 Å². The van der Waals surface area contributed by atoms with Crippen molar-refractivity contribution in [2.24, 2.45) is 5.90 Å². The maximum absolute atomic E-state index is 4.60. The molecule has 3 nitrogen and oxygen atoms in total. The minimum atomic E-state index is 0.816. The number of hydroxylamine groups is 1. The van der Waals surface area contributed by atoms with Gasteiger partial charge in [-0.2, -0.15) is 11.4 Å². The van der Waals surface area contributed by atoms with Crippen LogP contribution in [0.25, 0.3) is 0 Å². The van der Waals surface area contributed by atoms with E-state index in [2.05, 4.69) is 16.3 Å². The van der Waals surface area contributed by atoms with Gasteiger partial charge >= 0.3 is 0 Å². The van der Waals surface area contributed by atoms with Crippen molar-refractivity contribution in [2.45, 2.75) is 13.3 Å². The fourth-order valence-electron chi connectivity index (χ4n) is 0.161. The highest BCUT2D eigenvalue weighted by Gasteiger charge is 1.71. The van der Waals surface area contributed by atoms with Crippen molar-refractivity contribution in [1.29, 1.82) is 0 Å². The molecule has 0 fully saturated rings. The van der Waals surface area contributed by atoms with E-state index in [1.54, 1.807) is 0 Å². The van der Waals surface area contributed by atoms with Gasteiger partial charge in [-0.3, -0.25) is 0 Å². The van der Waals surface area contributed by atoms with Gasteiger partial charge < -0.3 is 0 Å². The highest BCUT2D eigenvalue weighted by molar-refractivity contribution is 4.23. The molecule has 0 unspecified atom stereocenters. The Hall–Kier alpha value is -0.120. The second-order valence-corrected chi connectivity index (χ2v) is 1.01. The third-order valence-corrected chi connectivity index (χ3v) is 0.435. The Balaban J connectivity index is 2.34. The fourth-order valence-corrected chi connectivity index (χ4v) is 0.161. The summed E-state index contributed by atoms with van der Waals surface area (Å²) in [6.07, 6.45) is 1.04. The Bertz CT molecular complexity index is 20.8. The topological polar surface area (TPSA) is 47.3 Å². The second-order valence-electron chi connectivity index (χ2n) is 1.01. The summed E-state index contributed by atoms with van der Waals surface area (Å²) >= 11 is 0. The Morgan fingerprint density at radius 1 is 1.83 bits per heavy atom. The number of hydrogen-bond donors (Lipinski definition) is 2. The summed E-state index contributed by atoms with van der Waals surface area (Å²) in [4.78, 5) is 4.03. The Morgan fingerprint density at radius 3 is 2.67 bits per heavy atom. The predicted octanol–water partition coefficient (Wildman–Crippen LogP) is -0.209. The number of hydrogen-bond acceptors (Lipinski definition) is 3. The van der Waals surface area contributed by atoms with Crippen LogP contribution in [0.1, 0.15) is 13.3 Å². The Kier molecular flexibility index (Phi) is 4.78. The number of nitrogens with two attached hydrogens (primary N) is 1. The number of nitrogens with one attached hydrogen (secondary N) is 1. The van der Waals surface area contributed by atoms with E-state index in [0.29, 0.717) is 0 Å². The zero-order valence-electron chi connectivity index (χ0n) is 3.90. The number of rotatable bonds is 3. The monoisotopic (exact) mass is 90.1 g/mol. The predicted molar refractivity (Wildman–Crippen MR) is 23.6 cm³/mol. The molecular formula is C3H10N2O. The quantitative estimate of drug-likeness (QED) is 0.372. The lowest BCUT2D eigenvalue weighted by Gasteiger charge is -1.92. The molecule has 0 radical (unpaired) electrons. The summed E-state index contributed by atoms with van der Waals surface area (Å²) in [7, 11) is 0. The Labute approximate surface area is 37.4 Å². The van der Waals surface area contributed by atoms with Gasteiger partial charge in [-0.15, -0.1) is 0 Å². The van der Waals surface area contributed by atoms with Crippen LogP contribution in [0, 0.1) is 0 Å². The van der Waals surface area contributed by atoms with Gasteiger partial charge in [0.2, 0.25) is 0 Å². The molecule has 0 aromatic heterocycles. The van der Waals surface area contributed by atoms with Crippen LogP contribution < -0.4 is 11.4 Å². The third-order valence-electron chi connectivity index (χ3n) is 0.435. The Morgan fingerprint density at radius 2 is 2.50 bits per heavy atom. The first-order valence-corrected chi connectivity index (χ1v) is 2.00. The largest absolute Gasteiger partial charge is 0.217 e. The van der Waals surface area contributed by atoms with Crippen molar-refractivity contribution in [3.63, 3.8) is 0 Å². The zero-order valence-corrected chi connectivity index (χ0v) is 3.90. The molecule has 0 saturated carbocycles. The summed E-state index contributed by atoms with van der Waals surface area (Å²) in [5.74, 6) is 4.60. The summed E-state index contributed by atoms with van der Waals surface area (Å²) in [6, 6.07) is 0. The van der Waals surface area contributed by atoms with Crippen molar-refractivity contribution >= 4 is 0 Å². The molecule has 0 bridgehead atoms. The molecule has 3 N–H and O–H groups in total. The van der Waals surface area contributed by atoms with E-state index in [1.165, 1.54) is 0 Å². The summed E-state index contributed by atoms with van der Waals surface area (Å²) in [5, 5.41) is 0. The van der Waals surface area contributed by atoms with E-state index in [-0.39, 0.29) is 0 Å². The molecule has 0 atom stereocenters. The molecule has 6 heavy (non-hydrogen) atoms. The van der Waals surface area contributed by atoms with Crippen LogP contribution in [-0.2, 0) is 4.94 Å². The van der Waals surface area contributed by atoms with E-state index in [4.69, 9.17) is 0 Å². The van der Waals surface area contributed by atoms with Crippen LogP contribution in [0.2, 0.25) is 0 Å². The SMILES string of the molecule is CCCNON. The van der Waals surface area contributed by atoms with Gasteiger partial charge in [-0.1, -0.05) is 6.92 Å². The van der Waals surface area contributed by atoms with Crippen LogP contribution in [0.5, 0.6) is 0 Å². The highest BCUT2D eigenvalue weighted by atomic mass is 16.8. The van der Waals surface area contributed by atoms with Crippen LogP contribution in [0.15, 0.2) is 0 Å². The molecule has 38 valence electrons. The van der Waals surface area contributed by atoms with E-state index < -0.39 is 0 Å². The lowest BCUT2D eigenvalue weighted by molar-refractivity contribution is 0.0412. The summed E-state index contributed by atoms with van der Waals surface area (Å²) in [5.41, 5.74) is 2.48. The maximum Gasteiger partial charge on any atom is 0.0226 e. The molecule has 0 aromatic carbocycles. The average Bonchev–Trinajstić information content (AvgIpc) is 1.61. The van der Waals surface area contributed by atoms with E-state index in [9.17, 15) is 0 Å². The zero-order chi connectivity index (χ0) is 4.83. The van der Waals surface area contributed by atoms with Gasteiger partial charge in [0, 0.05) is 6.54 Å². The molecule has 0 rings (SSSR count). The van der Waals surface area contributed by atoms with Crippen molar-refractivity contribution in [3.8, 4) is 0 Å². The summed E-state index contributed by atoms with van der Waals surface area (Å²) < 4.78 is 0. The minimum Gasteiger partial charge on any atom is -0.217 e. The first-order chi connectivity index (χ1) is 2.91. The average molecular weight is 90.1 g/mol. The fraction of sp³-hybridized carbons (Fsp3) is 1.00. The maximum atomic E-state index is 4.60. The van der Waals surface area contributed by atoms with Crippen LogP contribution in [0.4, 0.5) is 0 Å². The van der Waals surface area contributed by atoms with Crippen molar-refractivity contribution in [2.75, 3.05) is 6.54 Å². The van der Waals surface area contributed by atoms with Gasteiger partial charge in [0.05, 0.1) is 0 Å². The molecule has 0 amide bonds. The van der Waals surface area contributed by atoms with Crippen molar-refractivity contribution in [3.05, 3.63) is 0 Å². The van der Waals surface area contributed by atoms with Crippen molar-refractivity contribution in [1.82, 2.24) is 5.48 Å². The van der Waals surface area contributed by atoms with Crippen LogP contribution in [0.3, 0.4) is 0 Å². The molecule has 3 heteroatoms. The third kappa shape index (κ3) is 3.88. The lowest BCUT2D eigenvalue weighted by atomic mass is 10.5. The normalized spacial score (nSPS) is 9.00. The molecule has 0 spiro atoms. The van der Waals surface area contributed by atoms with Gasteiger partial charge in [0.1, 0.15) is 0 Å². The molecule has 0 aromatic rings. The van der Waals surface area contributed by atoms with Gasteiger partial charge in [-0.05, 0) is 6.42 Å². The molecular weight excluding hydrogens is 80.0 g/mol. The molecule has 0 aliphatic heterocycles. The summed E-state index contributed by atoms with van der Waals surface area (Å²) in [6.45, 7) is 2.85. The lowest BCUT2D eigenvalue weighted by Crippen LogP contribution is -2.19. The standard InChI is InChI=1S/C3H10N2O/c1-2-3-5-6-4/h5H,2-4H2,1H3. The van der Waals surface area contributed by atoms with Crippen LogP contribution in [-0.4, -0.2) is 6.54 Å². The van der Waals surface area contributed by atoms with E-state index in [1.807, 2.05) is 6.92 Å². The second kappa shape index (κ2) is 4.88. The molecule has 0 aliphatic carbocycles. The first-order valence-electron chi connectivity index (χ1n) is 2.00. The van der Waals surface area contributed by atoms with Gasteiger partial charge in [0.25, 0.3) is 0 Å².